The van der Waals surface area contributed by atoms with Gasteiger partial charge in [-0.2, -0.15) is 10.2 Å². The number of nitrogen functional groups attached to an aromatic ring is 1. The number of pyridine rings is 1. The molecule has 0 aliphatic heterocycles. The first-order valence-corrected chi connectivity index (χ1v) is 7.28. The van der Waals surface area contributed by atoms with E-state index in [1.165, 1.54) is 0 Å². The highest BCUT2D eigenvalue weighted by atomic mass is 16.5. The first kappa shape index (κ1) is 16.3. The fourth-order valence-electron chi connectivity index (χ4n) is 2.00. The summed E-state index contributed by atoms with van der Waals surface area (Å²) >= 11 is 0. The number of carbonyl (C=O) groups excluding carboxylic acids is 1. The molecule has 0 saturated carbocycles. The Kier molecular flexibility index (Phi) is 5.15. The molecule has 0 spiro atoms. The van der Waals surface area contributed by atoms with Crippen LogP contribution in [0.25, 0.3) is 0 Å². The zero-order chi connectivity index (χ0) is 16.8. The number of anilines is 2. The van der Waals surface area contributed by atoms with E-state index in [1.54, 1.807) is 30.3 Å². The molecule has 0 fully saturated rings. The molecule has 6 nitrogen and oxygen atoms in total. The van der Waals surface area contributed by atoms with Crippen LogP contribution < -0.4 is 15.8 Å². The number of aryl methyl sites for hydroxylation is 1. The molecule has 1 aromatic carbocycles. The summed E-state index contributed by atoms with van der Waals surface area (Å²) in [4.78, 5) is 15.7. The SMILES string of the molecule is CCCC(=O)Nc1ccc(Oc2ccc(C#N)cc2C)nc1N. The monoisotopic (exact) mass is 310 g/mol. The van der Waals surface area contributed by atoms with Crippen molar-refractivity contribution in [2.45, 2.75) is 26.7 Å². The molecule has 23 heavy (non-hydrogen) atoms. The van der Waals surface area contributed by atoms with E-state index < -0.39 is 0 Å². The van der Waals surface area contributed by atoms with E-state index in [0.29, 0.717) is 29.3 Å². The molecule has 2 rings (SSSR count). The lowest BCUT2D eigenvalue weighted by atomic mass is 10.1. The van der Waals surface area contributed by atoms with Crippen LogP contribution in [0.3, 0.4) is 0 Å². The van der Waals surface area contributed by atoms with Crippen molar-refractivity contribution in [3.8, 4) is 17.7 Å². The largest absolute Gasteiger partial charge is 0.439 e. The summed E-state index contributed by atoms with van der Waals surface area (Å²) in [6.45, 7) is 3.77. The second kappa shape index (κ2) is 7.27. The van der Waals surface area contributed by atoms with Gasteiger partial charge in [-0.25, -0.2) is 0 Å². The third-order valence-electron chi connectivity index (χ3n) is 3.17. The predicted molar refractivity (Wildman–Crippen MR) is 88.2 cm³/mol. The molecule has 0 radical (unpaired) electrons. The minimum atomic E-state index is -0.0994. The number of rotatable bonds is 5. The quantitative estimate of drug-likeness (QED) is 0.881. The van der Waals surface area contributed by atoms with E-state index in [1.807, 2.05) is 13.8 Å². The summed E-state index contributed by atoms with van der Waals surface area (Å²) in [6, 6.07) is 10.5. The topological polar surface area (TPSA) is 101 Å². The number of benzene rings is 1. The van der Waals surface area contributed by atoms with Crippen molar-refractivity contribution >= 4 is 17.4 Å². The highest BCUT2D eigenvalue weighted by Gasteiger charge is 2.09. The summed E-state index contributed by atoms with van der Waals surface area (Å²) in [6.07, 6.45) is 1.19. The molecule has 0 saturated heterocycles. The molecule has 0 aliphatic carbocycles. The van der Waals surface area contributed by atoms with E-state index in [4.69, 9.17) is 15.7 Å². The van der Waals surface area contributed by atoms with Gasteiger partial charge in [0.2, 0.25) is 11.8 Å². The lowest BCUT2D eigenvalue weighted by molar-refractivity contribution is -0.116. The Bertz CT molecular complexity index is 766. The van der Waals surface area contributed by atoms with Crippen LogP contribution in [0.2, 0.25) is 0 Å². The second-order valence-corrected chi connectivity index (χ2v) is 5.07. The molecule has 6 heteroatoms. The van der Waals surface area contributed by atoms with E-state index in [-0.39, 0.29) is 11.7 Å². The number of hydrogen-bond donors (Lipinski definition) is 2. The maximum atomic E-state index is 11.6. The predicted octanol–water partition coefficient (Wildman–Crippen LogP) is 3.37. The second-order valence-electron chi connectivity index (χ2n) is 5.07. The van der Waals surface area contributed by atoms with Crippen LogP contribution in [0.1, 0.15) is 30.9 Å². The minimum Gasteiger partial charge on any atom is -0.439 e. The van der Waals surface area contributed by atoms with E-state index in [0.717, 1.165) is 12.0 Å². The molecule has 0 aliphatic rings. The van der Waals surface area contributed by atoms with Gasteiger partial charge in [0.1, 0.15) is 5.75 Å². The van der Waals surface area contributed by atoms with Crippen LogP contribution in [0.15, 0.2) is 30.3 Å². The molecule has 1 aromatic heterocycles. The van der Waals surface area contributed by atoms with Crippen LogP contribution in [-0.2, 0) is 4.79 Å². The Hall–Kier alpha value is -3.07. The molecule has 0 unspecified atom stereocenters. The van der Waals surface area contributed by atoms with Gasteiger partial charge in [-0.15, -0.1) is 0 Å². The van der Waals surface area contributed by atoms with E-state index >= 15 is 0 Å². The zero-order valence-corrected chi connectivity index (χ0v) is 13.1. The molecular weight excluding hydrogens is 292 g/mol. The van der Waals surface area contributed by atoms with Gasteiger partial charge < -0.3 is 15.8 Å². The minimum absolute atomic E-state index is 0.0994. The highest BCUT2D eigenvalue weighted by molar-refractivity contribution is 5.93. The van der Waals surface area contributed by atoms with Crippen LogP contribution in [-0.4, -0.2) is 10.9 Å². The lowest BCUT2D eigenvalue weighted by Crippen LogP contribution is -2.12. The fraction of sp³-hybridized carbons (Fsp3) is 0.235. The maximum Gasteiger partial charge on any atom is 0.224 e. The van der Waals surface area contributed by atoms with Gasteiger partial charge in [0.05, 0.1) is 17.3 Å². The number of nitrogens with one attached hydrogen (secondary N) is 1. The third kappa shape index (κ3) is 4.20. The maximum absolute atomic E-state index is 11.6. The zero-order valence-electron chi connectivity index (χ0n) is 13.1. The van der Waals surface area contributed by atoms with Crippen LogP contribution >= 0.6 is 0 Å². The van der Waals surface area contributed by atoms with Crippen molar-refractivity contribution < 1.29 is 9.53 Å². The number of carbonyl (C=O) groups is 1. The molecular formula is C17H18N4O2. The molecule has 3 N–H and O–H groups in total. The number of ether oxygens (including phenoxy) is 1. The highest BCUT2D eigenvalue weighted by Crippen LogP contribution is 2.27. The molecule has 1 amide bonds. The summed E-state index contributed by atoms with van der Waals surface area (Å²) in [5.41, 5.74) is 7.71. The summed E-state index contributed by atoms with van der Waals surface area (Å²) in [7, 11) is 0. The smallest absolute Gasteiger partial charge is 0.224 e. The first-order chi connectivity index (χ1) is 11.0. The van der Waals surface area contributed by atoms with Crippen molar-refractivity contribution in [3.63, 3.8) is 0 Å². The number of nitrogens with zero attached hydrogens (tertiary/aromatic N) is 2. The van der Waals surface area contributed by atoms with Crippen molar-refractivity contribution in [2.75, 3.05) is 11.1 Å². The normalized spacial score (nSPS) is 9.96. The number of nitrogens with two attached hydrogens (primary N) is 1. The van der Waals surface area contributed by atoms with Crippen molar-refractivity contribution in [2.24, 2.45) is 0 Å². The van der Waals surface area contributed by atoms with Gasteiger partial charge in [-0.05, 0) is 43.2 Å². The molecule has 0 bridgehead atoms. The molecule has 2 aromatic rings. The Morgan fingerprint density at radius 3 is 2.78 bits per heavy atom. The number of aromatic nitrogens is 1. The Morgan fingerprint density at radius 2 is 2.17 bits per heavy atom. The van der Waals surface area contributed by atoms with Gasteiger partial charge in [-0.3, -0.25) is 4.79 Å². The van der Waals surface area contributed by atoms with Crippen molar-refractivity contribution in [3.05, 3.63) is 41.5 Å². The molecule has 1 heterocycles. The fourth-order valence-corrected chi connectivity index (χ4v) is 2.00. The van der Waals surface area contributed by atoms with Gasteiger partial charge >= 0.3 is 0 Å². The van der Waals surface area contributed by atoms with Gasteiger partial charge in [0.15, 0.2) is 5.82 Å². The standard InChI is InChI=1S/C17H18N4O2/c1-3-4-15(22)20-13-6-8-16(21-17(13)19)23-14-7-5-12(10-18)9-11(14)2/h5-9H,3-4H2,1-2H3,(H2,19,21)(H,20,22). The Balaban J connectivity index is 2.15. The first-order valence-electron chi connectivity index (χ1n) is 7.28. The Labute approximate surface area is 134 Å². The van der Waals surface area contributed by atoms with Crippen LogP contribution in [0, 0.1) is 18.3 Å². The van der Waals surface area contributed by atoms with Crippen molar-refractivity contribution in [1.82, 2.24) is 4.98 Å². The van der Waals surface area contributed by atoms with Crippen LogP contribution in [0.5, 0.6) is 11.6 Å². The molecule has 118 valence electrons. The van der Waals surface area contributed by atoms with E-state index in [2.05, 4.69) is 16.4 Å². The summed E-state index contributed by atoms with van der Waals surface area (Å²) in [5.74, 6) is 1.01. The van der Waals surface area contributed by atoms with Gasteiger partial charge in [0.25, 0.3) is 0 Å². The van der Waals surface area contributed by atoms with Crippen molar-refractivity contribution in [1.29, 1.82) is 5.26 Å². The third-order valence-corrected chi connectivity index (χ3v) is 3.17. The Morgan fingerprint density at radius 1 is 1.39 bits per heavy atom. The number of amides is 1. The average molecular weight is 310 g/mol. The summed E-state index contributed by atoms with van der Waals surface area (Å²) in [5, 5.41) is 11.6. The average Bonchev–Trinajstić information content (AvgIpc) is 2.52. The molecule has 0 atom stereocenters. The lowest BCUT2D eigenvalue weighted by Gasteiger charge is -2.11. The summed E-state index contributed by atoms with van der Waals surface area (Å²) < 4.78 is 5.68. The van der Waals surface area contributed by atoms with Crippen LogP contribution in [0.4, 0.5) is 11.5 Å². The van der Waals surface area contributed by atoms with Gasteiger partial charge in [0, 0.05) is 12.5 Å². The number of nitriles is 1. The number of hydrogen-bond acceptors (Lipinski definition) is 5. The van der Waals surface area contributed by atoms with E-state index in [9.17, 15) is 4.79 Å². The van der Waals surface area contributed by atoms with Gasteiger partial charge in [-0.1, -0.05) is 6.92 Å².